The Balaban J connectivity index is 1.67. The molecule has 0 aromatic rings. The van der Waals surface area contributed by atoms with Crippen LogP contribution in [0.1, 0.15) is 91.9 Å². The molecule has 120 valence electrons. The lowest BCUT2D eigenvalue weighted by molar-refractivity contribution is -0.140. The Kier molecular flexibility index (Phi) is 3.13. The first kappa shape index (κ1) is 14.6. The normalized spacial score (nSPS) is 55.4. The monoisotopic (exact) mass is 288 g/mol. The predicted octanol–water partition coefficient (Wildman–Crippen LogP) is 6.45. The van der Waals surface area contributed by atoms with Crippen molar-refractivity contribution in [2.75, 3.05) is 0 Å². The minimum absolute atomic E-state index is 0.606. The van der Waals surface area contributed by atoms with Crippen LogP contribution in [0.3, 0.4) is 0 Å². The van der Waals surface area contributed by atoms with Crippen molar-refractivity contribution in [1.82, 2.24) is 0 Å². The van der Waals surface area contributed by atoms with Crippen LogP contribution in [0.4, 0.5) is 0 Å². The third kappa shape index (κ3) is 1.93. The van der Waals surface area contributed by atoms with Crippen LogP contribution >= 0.6 is 0 Å². The highest BCUT2D eigenvalue weighted by Crippen LogP contribution is 2.68. The molecule has 6 atom stereocenters. The highest BCUT2D eigenvalue weighted by atomic mass is 14.6. The van der Waals surface area contributed by atoms with Gasteiger partial charge in [0.2, 0.25) is 0 Å². The summed E-state index contributed by atoms with van der Waals surface area (Å²) in [6.45, 7) is 10.5. The molecule has 0 saturated heterocycles. The molecule has 4 rings (SSSR count). The van der Waals surface area contributed by atoms with E-state index in [1.807, 2.05) is 0 Å². The third-order valence-corrected chi connectivity index (χ3v) is 9.13. The summed E-state index contributed by atoms with van der Waals surface area (Å²) >= 11 is 0. The molecule has 0 N–H and O–H groups in total. The fourth-order valence-corrected chi connectivity index (χ4v) is 8.19. The number of fused-ring (bicyclic) bond motifs is 5. The molecule has 0 spiro atoms. The Hall–Kier alpha value is 0. The fourth-order valence-electron chi connectivity index (χ4n) is 8.19. The first-order valence-electron chi connectivity index (χ1n) is 9.87. The highest BCUT2D eigenvalue weighted by Gasteiger charge is 2.59. The van der Waals surface area contributed by atoms with Crippen molar-refractivity contribution in [3.8, 4) is 0 Å². The van der Waals surface area contributed by atoms with E-state index in [9.17, 15) is 0 Å². The van der Waals surface area contributed by atoms with Gasteiger partial charge < -0.3 is 0 Å². The van der Waals surface area contributed by atoms with Crippen LogP contribution in [-0.2, 0) is 0 Å². The van der Waals surface area contributed by atoms with Crippen LogP contribution in [0.15, 0.2) is 0 Å². The van der Waals surface area contributed by atoms with E-state index in [4.69, 9.17) is 0 Å². The van der Waals surface area contributed by atoms with E-state index in [1.165, 1.54) is 38.5 Å². The minimum atomic E-state index is 0.606. The molecule has 21 heavy (non-hydrogen) atoms. The molecular formula is C21H36. The zero-order valence-corrected chi connectivity index (χ0v) is 14.9. The van der Waals surface area contributed by atoms with E-state index < -0.39 is 0 Å². The van der Waals surface area contributed by atoms with Crippen molar-refractivity contribution >= 4 is 0 Å². The van der Waals surface area contributed by atoms with Gasteiger partial charge in [0.25, 0.3) is 0 Å². The lowest BCUT2D eigenvalue weighted by atomic mass is 9.42. The molecule has 0 aromatic carbocycles. The zero-order chi connectivity index (χ0) is 14.9. The smallest absolute Gasteiger partial charge is 0.0261 e. The van der Waals surface area contributed by atoms with Gasteiger partial charge in [-0.15, -0.1) is 0 Å². The second-order valence-electron chi connectivity index (χ2n) is 10.4. The van der Waals surface area contributed by atoms with Gasteiger partial charge in [0.15, 0.2) is 0 Å². The quantitative estimate of drug-likeness (QED) is 0.481. The van der Waals surface area contributed by atoms with Crippen molar-refractivity contribution in [2.24, 2.45) is 39.9 Å². The number of hydrogen-bond donors (Lipinski definition) is 0. The summed E-state index contributed by atoms with van der Waals surface area (Å²) in [7, 11) is 0. The van der Waals surface area contributed by atoms with Crippen LogP contribution in [0.2, 0.25) is 0 Å². The van der Waals surface area contributed by atoms with Gasteiger partial charge in [-0.05, 0) is 91.3 Å². The fraction of sp³-hybridized carbons (Fsp3) is 1.00. The molecule has 0 nitrogen and oxygen atoms in total. The van der Waals surface area contributed by atoms with E-state index in [0.717, 1.165) is 29.1 Å². The number of hydrogen-bond acceptors (Lipinski definition) is 0. The van der Waals surface area contributed by atoms with E-state index in [0.29, 0.717) is 10.8 Å². The van der Waals surface area contributed by atoms with Crippen molar-refractivity contribution in [1.29, 1.82) is 0 Å². The standard InChI is InChI=1S/C21H36/c1-19(2)11-6-13-21(4)17-10-14-20(3)12-5-7-16(20)15(17)8-9-18(19)21/h15-18H,5-14H2,1-4H3/t15-,16-,17-,18?,20-,21+/m0/s1. The van der Waals surface area contributed by atoms with Crippen molar-refractivity contribution in [2.45, 2.75) is 91.9 Å². The molecule has 0 heterocycles. The largest absolute Gasteiger partial charge is 0.0596 e. The summed E-state index contributed by atoms with van der Waals surface area (Å²) in [5, 5.41) is 0. The molecule has 0 bridgehead atoms. The first-order chi connectivity index (χ1) is 9.87. The molecule has 0 aliphatic heterocycles. The Bertz CT molecular complexity index is 422. The third-order valence-electron chi connectivity index (χ3n) is 9.13. The molecule has 0 aromatic heterocycles. The average molecular weight is 289 g/mol. The molecule has 0 amide bonds. The second-order valence-corrected chi connectivity index (χ2v) is 10.4. The molecule has 0 radical (unpaired) electrons. The molecule has 4 aliphatic carbocycles. The summed E-state index contributed by atoms with van der Waals surface area (Å²) in [4.78, 5) is 0. The van der Waals surface area contributed by atoms with Gasteiger partial charge >= 0.3 is 0 Å². The van der Waals surface area contributed by atoms with Crippen LogP contribution in [0.5, 0.6) is 0 Å². The maximum absolute atomic E-state index is 2.72. The molecule has 4 fully saturated rings. The van der Waals surface area contributed by atoms with Crippen LogP contribution < -0.4 is 0 Å². The molecule has 1 unspecified atom stereocenters. The van der Waals surface area contributed by atoms with Crippen molar-refractivity contribution in [3.63, 3.8) is 0 Å². The van der Waals surface area contributed by atoms with Crippen LogP contribution in [0.25, 0.3) is 0 Å². The van der Waals surface area contributed by atoms with Crippen molar-refractivity contribution in [3.05, 3.63) is 0 Å². The van der Waals surface area contributed by atoms with Crippen molar-refractivity contribution < 1.29 is 0 Å². The Labute approximate surface area is 132 Å². The average Bonchev–Trinajstić information content (AvgIpc) is 2.79. The SMILES string of the molecule is CC1(C)CCC[C@@]2(C)C1CC[C@H]1[C@@H]3CCC[C@@]3(C)CC[C@@H]12. The highest BCUT2D eigenvalue weighted by molar-refractivity contribution is 5.09. The van der Waals surface area contributed by atoms with Gasteiger partial charge in [-0.3, -0.25) is 0 Å². The van der Waals surface area contributed by atoms with E-state index >= 15 is 0 Å². The zero-order valence-electron chi connectivity index (χ0n) is 14.9. The Morgan fingerprint density at radius 2 is 1.48 bits per heavy atom. The summed E-state index contributed by atoms with van der Waals surface area (Å²) < 4.78 is 0. The van der Waals surface area contributed by atoms with E-state index in [-0.39, 0.29) is 0 Å². The van der Waals surface area contributed by atoms with Gasteiger partial charge in [0.1, 0.15) is 0 Å². The summed E-state index contributed by atoms with van der Waals surface area (Å²) in [5.74, 6) is 4.23. The van der Waals surface area contributed by atoms with Gasteiger partial charge in [-0.1, -0.05) is 40.5 Å². The lowest BCUT2D eigenvalue weighted by Gasteiger charge is -2.63. The Morgan fingerprint density at radius 1 is 0.667 bits per heavy atom. The molecule has 4 aliphatic rings. The molecule has 0 heteroatoms. The lowest BCUT2D eigenvalue weighted by Crippen LogP contribution is -2.55. The predicted molar refractivity (Wildman–Crippen MR) is 90.1 cm³/mol. The van der Waals surface area contributed by atoms with Crippen LogP contribution in [-0.4, -0.2) is 0 Å². The maximum atomic E-state index is 2.72. The number of rotatable bonds is 0. The summed E-state index contributed by atoms with van der Waals surface area (Å²) in [5.41, 5.74) is 2.01. The van der Waals surface area contributed by atoms with Crippen LogP contribution in [0, 0.1) is 39.9 Å². The second kappa shape index (κ2) is 4.51. The summed E-state index contributed by atoms with van der Waals surface area (Å²) in [6.07, 6.45) is 15.3. The van der Waals surface area contributed by atoms with Gasteiger partial charge in [0, 0.05) is 0 Å². The topological polar surface area (TPSA) is 0 Å². The first-order valence-corrected chi connectivity index (χ1v) is 9.87. The maximum Gasteiger partial charge on any atom is -0.0261 e. The van der Waals surface area contributed by atoms with Gasteiger partial charge in [-0.2, -0.15) is 0 Å². The van der Waals surface area contributed by atoms with E-state index in [1.54, 1.807) is 25.7 Å². The van der Waals surface area contributed by atoms with Gasteiger partial charge in [-0.25, -0.2) is 0 Å². The minimum Gasteiger partial charge on any atom is -0.0596 e. The Morgan fingerprint density at radius 3 is 2.29 bits per heavy atom. The molecule has 4 saturated carbocycles. The van der Waals surface area contributed by atoms with E-state index in [2.05, 4.69) is 27.7 Å². The van der Waals surface area contributed by atoms with Gasteiger partial charge in [0.05, 0.1) is 0 Å². The summed E-state index contributed by atoms with van der Waals surface area (Å²) in [6, 6.07) is 0. The molecular weight excluding hydrogens is 252 g/mol.